The molecule has 0 aliphatic rings. The van der Waals surface area contributed by atoms with Crippen LogP contribution in [0.5, 0.6) is 0 Å². The van der Waals surface area contributed by atoms with Crippen molar-refractivity contribution in [3.63, 3.8) is 0 Å². The Hall–Kier alpha value is -2.16. The van der Waals surface area contributed by atoms with E-state index in [0.717, 1.165) is 25.7 Å². The third-order valence-electron chi connectivity index (χ3n) is 5.84. The lowest BCUT2D eigenvalue weighted by atomic mass is 9.77. The molecule has 0 heterocycles. The van der Waals surface area contributed by atoms with Gasteiger partial charge in [0.2, 0.25) is 0 Å². The largest absolute Gasteiger partial charge is 0.464 e. The minimum Gasteiger partial charge on any atom is -0.464 e. The summed E-state index contributed by atoms with van der Waals surface area (Å²) in [6.45, 7) is 16.2. The second-order valence-electron chi connectivity index (χ2n) is 12.0. The van der Waals surface area contributed by atoms with Crippen molar-refractivity contribution in [3.8, 4) is 0 Å². The van der Waals surface area contributed by atoms with Gasteiger partial charge in [0.05, 0.1) is 6.61 Å². The second kappa shape index (κ2) is 18.2. The molecule has 1 unspecified atom stereocenters. The number of carbonyl (C=O) groups is 4. The van der Waals surface area contributed by atoms with Crippen LogP contribution in [-0.2, 0) is 42.9 Å². The molecule has 228 valence electrons. The van der Waals surface area contributed by atoms with E-state index in [9.17, 15) is 19.2 Å². The van der Waals surface area contributed by atoms with Crippen LogP contribution in [0, 0.1) is 5.41 Å². The average Bonchev–Trinajstić information content (AvgIpc) is 2.77. The maximum atomic E-state index is 13.7. The minimum atomic E-state index is -1.52. The lowest BCUT2D eigenvalue weighted by Crippen LogP contribution is -2.47. The Balaban J connectivity index is 5.76. The molecule has 0 aromatic heterocycles. The van der Waals surface area contributed by atoms with E-state index in [1.54, 1.807) is 48.5 Å². The highest BCUT2D eigenvalue weighted by molar-refractivity contribution is 6.00. The molecule has 0 aliphatic carbocycles. The number of ether oxygens (including phenoxy) is 5. The molecule has 0 aromatic rings. The molecule has 0 saturated carbocycles. The maximum absolute atomic E-state index is 13.7. The zero-order chi connectivity index (χ0) is 30.1. The molecular formula is C30H54O9. The average molecular weight is 559 g/mol. The van der Waals surface area contributed by atoms with Crippen molar-refractivity contribution in [1.29, 1.82) is 0 Å². The van der Waals surface area contributed by atoms with Crippen LogP contribution in [0.15, 0.2) is 0 Å². The fourth-order valence-corrected chi connectivity index (χ4v) is 4.11. The van der Waals surface area contributed by atoms with Crippen molar-refractivity contribution < 1.29 is 42.9 Å². The van der Waals surface area contributed by atoms with Gasteiger partial charge in [-0.25, -0.2) is 4.79 Å². The molecule has 9 nitrogen and oxygen atoms in total. The van der Waals surface area contributed by atoms with E-state index in [2.05, 4.69) is 6.92 Å². The molecule has 9 heteroatoms. The smallest absolute Gasteiger partial charge is 0.332 e. The lowest BCUT2D eigenvalue weighted by molar-refractivity contribution is -0.187. The van der Waals surface area contributed by atoms with Crippen LogP contribution in [-0.4, -0.2) is 61.0 Å². The number of rotatable bonds is 19. The molecule has 1 atom stereocenters. The van der Waals surface area contributed by atoms with E-state index < -0.39 is 34.5 Å². The molecule has 0 N–H and O–H groups in total. The van der Waals surface area contributed by atoms with Gasteiger partial charge in [-0.2, -0.15) is 0 Å². The Kier molecular flexibility index (Phi) is 17.2. The normalized spacial score (nSPS) is 12.9. The standard InChI is InChI=1S/C30H54O9/c1-10-12-13-17-24(37-23(3)31)18-16-20-30(26(33)38-28(4,5)6,27(34)39-29(7,8)9)19-14-15-21-35-22-25(32)36-11-2/h24H,10-22H2,1-9H3. The Morgan fingerprint density at radius 3 is 1.74 bits per heavy atom. The van der Waals surface area contributed by atoms with Crippen molar-refractivity contribution in [2.24, 2.45) is 5.41 Å². The molecule has 0 aromatic carbocycles. The third kappa shape index (κ3) is 17.2. The summed E-state index contributed by atoms with van der Waals surface area (Å²) in [5.74, 6) is -2.01. The van der Waals surface area contributed by atoms with Crippen molar-refractivity contribution in [3.05, 3.63) is 0 Å². The van der Waals surface area contributed by atoms with Crippen molar-refractivity contribution in [2.45, 2.75) is 144 Å². The van der Waals surface area contributed by atoms with Crippen LogP contribution in [0.25, 0.3) is 0 Å². The predicted octanol–water partition coefficient (Wildman–Crippen LogP) is 6.09. The molecule has 0 aliphatic heterocycles. The lowest BCUT2D eigenvalue weighted by Gasteiger charge is -2.35. The van der Waals surface area contributed by atoms with Gasteiger partial charge in [-0.15, -0.1) is 0 Å². The highest BCUT2D eigenvalue weighted by Gasteiger charge is 2.50. The zero-order valence-electron chi connectivity index (χ0n) is 25.9. The molecule has 0 saturated heterocycles. The van der Waals surface area contributed by atoms with Gasteiger partial charge in [0.25, 0.3) is 0 Å². The summed E-state index contributed by atoms with van der Waals surface area (Å²) in [6.07, 6.45) is 5.89. The SMILES string of the molecule is CCCCCC(CCCC(CCCCOCC(=O)OCC)(C(=O)OC(C)(C)C)C(=O)OC(C)(C)C)OC(C)=O. The monoisotopic (exact) mass is 558 g/mol. The van der Waals surface area contributed by atoms with Crippen LogP contribution in [0.4, 0.5) is 0 Å². The number of unbranched alkanes of at least 4 members (excludes halogenated alkanes) is 3. The Morgan fingerprint density at radius 2 is 1.26 bits per heavy atom. The summed E-state index contributed by atoms with van der Waals surface area (Å²) in [7, 11) is 0. The summed E-state index contributed by atoms with van der Waals surface area (Å²) in [5, 5.41) is 0. The van der Waals surface area contributed by atoms with Crippen LogP contribution in [0.2, 0.25) is 0 Å². The molecule has 0 spiro atoms. The van der Waals surface area contributed by atoms with E-state index in [0.29, 0.717) is 25.7 Å². The summed E-state index contributed by atoms with van der Waals surface area (Å²) < 4.78 is 27.3. The fourth-order valence-electron chi connectivity index (χ4n) is 4.11. The highest BCUT2D eigenvalue weighted by Crippen LogP contribution is 2.38. The fraction of sp³-hybridized carbons (Fsp3) is 0.867. The Morgan fingerprint density at radius 1 is 0.718 bits per heavy atom. The topological polar surface area (TPSA) is 114 Å². The second-order valence-corrected chi connectivity index (χ2v) is 12.0. The van der Waals surface area contributed by atoms with Crippen LogP contribution in [0.3, 0.4) is 0 Å². The maximum Gasteiger partial charge on any atom is 0.332 e. The summed E-state index contributed by atoms with van der Waals surface area (Å²) in [4.78, 5) is 50.5. The van der Waals surface area contributed by atoms with Crippen LogP contribution < -0.4 is 0 Å². The molecule has 39 heavy (non-hydrogen) atoms. The highest BCUT2D eigenvalue weighted by atomic mass is 16.6. The van der Waals surface area contributed by atoms with Gasteiger partial charge in [-0.05, 0) is 99.8 Å². The minimum absolute atomic E-state index is 0.146. The molecule has 0 rings (SSSR count). The van der Waals surface area contributed by atoms with Crippen LogP contribution >= 0.6 is 0 Å². The van der Waals surface area contributed by atoms with E-state index in [-0.39, 0.29) is 44.7 Å². The molecular weight excluding hydrogens is 504 g/mol. The van der Waals surface area contributed by atoms with Gasteiger partial charge in [0.1, 0.15) is 23.9 Å². The summed E-state index contributed by atoms with van der Waals surface area (Å²) >= 11 is 0. The van der Waals surface area contributed by atoms with E-state index in [1.165, 1.54) is 6.92 Å². The first-order valence-corrected chi connectivity index (χ1v) is 14.4. The van der Waals surface area contributed by atoms with Crippen molar-refractivity contribution >= 4 is 23.9 Å². The van der Waals surface area contributed by atoms with Crippen molar-refractivity contribution in [1.82, 2.24) is 0 Å². The molecule has 0 fully saturated rings. The first-order chi connectivity index (χ1) is 18.1. The first kappa shape index (κ1) is 36.8. The van der Waals surface area contributed by atoms with Gasteiger partial charge in [0.15, 0.2) is 5.41 Å². The number of hydrogen-bond acceptors (Lipinski definition) is 9. The van der Waals surface area contributed by atoms with Gasteiger partial charge in [0, 0.05) is 13.5 Å². The molecule has 0 amide bonds. The quantitative estimate of drug-likeness (QED) is 0.0804. The molecule has 0 radical (unpaired) electrons. The van der Waals surface area contributed by atoms with Gasteiger partial charge < -0.3 is 23.7 Å². The first-order valence-electron chi connectivity index (χ1n) is 14.4. The number of esters is 4. The molecule has 0 bridgehead atoms. The number of hydrogen-bond donors (Lipinski definition) is 0. The predicted molar refractivity (Wildman–Crippen MR) is 149 cm³/mol. The van der Waals surface area contributed by atoms with Crippen molar-refractivity contribution in [2.75, 3.05) is 19.8 Å². The van der Waals surface area contributed by atoms with Gasteiger partial charge in [-0.1, -0.05) is 19.8 Å². The van der Waals surface area contributed by atoms with E-state index in [1.807, 2.05) is 0 Å². The van der Waals surface area contributed by atoms with E-state index >= 15 is 0 Å². The zero-order valence-corrected chi connectivity index (χ0v) is 25.9. The summed E-state index contributed by atoms with van der Waals surface area (Å²) in [5.41, 5.74) is -3.12. The Bertz CT molecular complexity index is 719. The van der Waals surface area contributed by atoms with Gasteiger partial charge in [-0.3, -0.25) is 14.4 Å². The van der Waals surface area contributed by atoms with Crippen LogP contribution in [0.1, 0.15) is 127 Å². The summed E-state index contributed by atoms with van der Waals surface area (Å²) in [6, 6.07) is 0. The van der Waals surface area contributed by atoms with E-state index in [4.69, 9.17) is 23.7 Å². The number of carbonyl (C=O) groups excluding carboxylic acids is 4. The van der Waals surface area contributed by atoms with Gasteiger partial charge >= 0.3 is 23.9 Å². The Labute approximate surface area is 236 Å². The third-order valence-corrected chi connectivity index (χ3v) is 5.84.